The van der Waals surface area contributed by atoms with Gasteiger partial charge in [-0.25, -0.2) is 4.39 Å². The number of hydrogen-bond donors (Lipinski definition) is 2. The third kappa shape index (κ3) is 2.09. The number of nitrogens with one attached hydrogen (secondary N) is 2. The molecular weight excluding hydrogens is 303 g/mol. The summed E-state index contributed by atoms with van der Waals surface area (Å²) in [6.07, 6.45) is 4.45. The minimum atomic E-state index is -0.373. The van der Waals surface area contributed by atoms with Crippen molar-refractivity contribution in [3.63, 3.8) is 0 Å². The van der Waals surface area contributed by atoms with E-state index in [2.05, 4.69) is 24.1 Å². The highest BCUT2D eigenvalue weighted by atomic mass is 19.1. The Labute approximate surface area is 143 Å². The van der Waals surface area contributed by atoms with Crippen LogP contribution in [0.5, 0.6) is 0 Å². The van der Waals surface area contributed by atoms with Crippen LogP contribution in [-0.2, 0) is 16.8 Å². The Morgan fingerprint density at radius 1 is 1.25 bits per heavy atom. The van der Waals surface area contributed by atoms with Gasteiger partial charge in [-0.1, -0.05) is 13.3 Å². The highest BCUT2D eigenvalue weighted by molar-refractivity contribution is 5.89. The van der Waals surface area contributed by atoms with E-state index in [0.717, 1.165) is 43.4 Å². The summed E-state index contributed by atoms with van der Waals surface area (Å²) in [4.78, 5) is 3.43. The highest BCUT2D eigenvalue weighted by Gasteiger charge is 2.52. The van der Waals surface area contributed by atoms with E-state index in [1.165, 1.54) is 23.1 Å². The van der Waals surface area contributed by atoms with Gasteiger partial charge in [0.25, 0.3) is 0 Å². The minimum Gasteiger partial charge on any atom is -0.373 e. The summed E-state index contributed by atoms with van der Waals surface area (Å²) >= 11 is 0. The van der Waals surface area contributed by atoms with Crippen molar-refractivity contribution in [2.75, 3.05) is 20.2 Å². The second-order valence-corrected chi connectivity index (χ2v) is 7.44. The molecule has 130 valence electrons. The lowest BCUT2D eigenvalue weighted by molar-refractivity contribution is -0.143. The van der Waals surface area contributed by atoms with Crippen molar-refractivity contribution < 1.29 is 9.13 Å². The fourth-order valence-corrected chi connectivity index (χ4v) is 5.37. The standard InChI is InChI=1S/C20H27FN2O/c1-4-17-12(2)19-16(8-15(21)9-18(19)23-17)20(24-3)13-6-5-7-14(20)11-22-10-13/h8-9,13-14,22-23H,4-7,10-11H2,1-3H3. The first-order valence-corrected chi connectivity index (χ1v) is 9.18. The van der Waals surface area contributed by atoms with E-state index in [9.17, 15) is 4.39 Å². The van der Waals surface area contributed by atoms with Gasteiger partial charge in [0.15, 0.2) is 0 Å². The molecule has 4 rings (SSSR count). The van der Waals surface area contributed by atoms with Crippen molar-refractivity contribution in [1.29, 1.82) is 0 Å². The Morgan fingerprint density at radius 2 is 1.96 bits per heavy atom. The van der Waals surface area contributed by atoms with Crippen LogP contribution >= 0.6 is 0 Å². The number of hydrogen-bond acceptors (Lipinski definition) is 2. The fraction of sp³-hybridized carbons (Fsp3) is 0.600. The zero-order valence-electron chi connectivity index (χ0n) is 14.8. The smallest absolute Gasteiger partial charge is 0.125 e. The third-order valence-corrected chi connectivity index (χ3v) is 6.43. The van der Waals surface area contributed by atoms with Crippen LogP contribution in [0.15, 0.2) is 12.1 Å². The number of aromatic amines is 1. The van der Waals surface area contributed by atoms with Gasteiger partial charge in [-0.05, 0) is 49.4 Å². The number of fused-ring (bicyclic) bond motifs is 3. The average molecular weight is 330 g/mol. The lowest BCUT2D eigenvalue weighted by Gasteiger charge is -2.53. The Balaban J connectivity index is 2.01. The summed E-state index contributed by atoms with van der Waals surface area (Å²) in [7, 11) is 1.82. The van der Waals surface area contributed by atoms with Gasteiger partial charge >= 0.3 is 0 Å². The molecule has 1 aliphatic heterocycles. The van der Waals surface area contributed by atoms with Crippen LogP contribution in [0, 0.1) is 24.6 Å². The lowest BCUT2D eigenvalue weighted by atomic mass is 9.62. The molecule has 3 nitrogen and oxygen atoms in total. The molecule has 1 aromatic carbocycles. The number of aromatic nitrogens is 1. The molecule has 2 unspecified atom stereocenters. The van der Waals surface area contributed by atoms with E-state index in [-0.39, 0.29) is 11.4 Å². The maximum Gasteiger partial charge on any atom is 0.125 e. The first-order chi connectivity index (χ1) is 11.6. The molecule has 1 aliphatic carbocycles. The summed E-state index contributed by atoms with van der Waals surface area (Å²) in [6, 6.07) is 3.37. The van der Waals surface area contributed by atoms with Crippen LogP contribution in [0.25, 0.3) is 10.9 Å². The molecule has 0 spiro atoms. The minimum absolute atomic E-state index is 0.172. The summed E-state index contributed by atoms with van der Waals surface area (Å²) in [5, 5.41) is 4.73. The first-order valence-electron chi connectivity index (χ1n) is 9.18. The van der Waals surface area contributed by atoms with Crippen LogP contribution < -0.4 is 5.32 Å². The van der Waals surface area contributed by atoms with Gasteiger partial charge in [0, 0.05) is 48.6 Å². The zero-order chi connectivity index (χ0) is 16.9. The lowest BCUT2D eigenvalue weighted by Crippen LogP contribution is -2.58. The number of piperidine rings is 1. The van der Waals surface area contributed by atoms with E-state index in [4.69, 9.17) is 4.74 Å². The number of methoxy groups -OCH3 is 1. The molecule has 1 saturated carbocycles. The second kappa shape index (κ2) is 5.85. The molecular formula is C20H27FN2O. The topological polar surface area (TPSA) is 37.0 Å². The van der Waals surface area contributed by atoms with Crippen molar-refractivity contribution in [3.05, 3.63) is 34.8 Å². The number of aryl methyl sites for hydroxylation is 2. The Hall–Kier alpha value is -1.39. The quantitative estimate of drug-likeness (QED) is 0.891. The third-order valence-electron chi connectivity index (χ3n) is 6.43. The summed E-state index contributed by atoms with van der Waals surface area (Å²) in [5.74, 6) is 0.633. The molecule has 2 atom stereocenters. The number of H-pyrrole nitrogens is 1. The van der Waals surface area contributed by atoms with E-state index in [0.29, 0.717) is 11.8 Å². The highest BCUT2D eigenvalue weighted by Crippen LogP contribution is 2.52. The van der Waals surface area contributed by atoms with Crippen LogP contribution in [0.3, 0.4) is 0 Å². The molecule has 24 heavy (non-hydrogen) atoms. The molecule has 2 N–H and O–H groups in total. The second-order valence-electron chi connectivity index (χ2n) is 7.44. The predicted molar refractivity (Wildman–Crippen MR) is 94.8 cm³/mol. The number of halogens is 1. The number of benzene rings is 1. The molecule has 2 heterocycles. The van der Waals surface area contributed by atoms with Crippen LogP contribution in [-0.4, -0.2) is 25.2 Å². The van der Waals surface area contributed by atoms with Crippen molar-refractivity contribution in [2.45, 2.75) is 45.1 Å². The molecule has 4 heteroatoms. The van der Waals surface area contributed by atoms with Gasteiger partial charge in [-0.2, -0.15) is 0 Å². The SMILES string of the molecule is CCc1[nH]c2cc(F)cc(C3(OC)C4CCCC3CNC4)c2c1C. The molecule has 2 aromatic rings. The van der Waals surface area contributed by atoms with Gasteiger partial charge < -0.3 is 15.0 Å². The molecule has 1 saturated heterocycles. The van der Waals surface area contributed by atoms with Crippen molar-refractivity contribution in [2.24, 2.45) is 11.8 Å². The maximum absolute atomic E-state index is 14.5. The monoisotopic (exact) mass is 330 g/mol. The zero-order valence-corrected chi connectivity index (χ0v) is 14.8. The van der Waals surface area contributed by atoms with Gasteiger partial charge in [0.2, 0.25) is 0 Å². The van der Waals surface area contributed by atoms with E-state index in [1.54, 1.807) is 12.1 Å². The van der Waals surface area contributed by atoms with E-state index < -0.39 is 0 Å². The van der Waals surface area contributed by atoms with E-state index >= 15 is 0 Å². The Kier molecular flexibility index (Phi) is 3.92. The molecule has 2 aliphatic rings. The van der Waals surface area contributed by atoms with Crippen LogP contribution in [0.2, 0.25) is 0 Å². The van der Waals surface area contributed by atoms with Crippen LogP contribution in [0.1, 0.15) is 43.0 Å². The number of ether oxygens (including phenoxy) is 1. The van der Waals surface area contributed by atoms with Crippen molar-refractivity contribution in [1.82, 2.24) is 10.3 Å². The van der Waals surface area contributed by atoms with E-state index in [1.807, 2.05) is 7.11 Å². The van der Waals surface area contributed by atoms with Crippen molar-refractivity contribution in [3.8, 4) is 0 Å². The van der Waals surface area contributed by atoms with Gasteiger partial charge in [-0.15, -0.1) is 0 Å². The number of rotatable bonds is 3. The van der Waals surface area contributed by atoms with Crippen molar-refractivity contribution >= 4 is 10.9 Å². The maximum atomic E-state index is 14.5. The predicted octanol–water partition coefficient (Wildman–Crippen LogP) is 4.04. The largest absolute Gasteiger partial charge is 0.373 e. The molecule has 2 bridgehead atoms. The molecule has 2 fully saturated rings. The molecule has 0 amide bonds. The van der Waals surface area contributed by atoms with Gasteiger partial charge in [0.05, 0.1) is 0 Å². The van der Waals surface area contributed by atoms with Crippen LogP contribution in [0.4, 0.5) is 4.39 Å². The fourth-order valence-electron chi connectivity index (χ4n) is 5.37. The Morgan fingerprint density at radius 3 is 2.58 bits per heavy atom. The molecule has 0 radical (unpaired) electrons. The van der Waals surface area contributed by atoms with Gasteiger partial charge in [0.1, 0.15) is 11.4 Å². The summed E-state index contributed by atoms with van der Waals surface area (Å²) in [6.45, 7) is 6.19. The molecule has 1 aromatic heterocycles. The Bertz CT molecular complexity index is 745. The summed E-state index contributed by atoms with van der Waals surface area (Å²) < 4.78 is 20.8. The van der Waals surface area contributed by atoms with Gasteiger partial charge in [-0.3, -0.25) is 0 Å². The summed E-state index contributed by atoms with van der Waals surface area (Å²) in [5.41, 5.74) is 4.04. The first kappa shape index (κ1) is 16.1. The average Bonchev–Trinajstić information content (AvgIpc) is 2.88. The normalized spacial score (nSPS) is 30.0.